The van der Waals surface area contributed by atoms with Crippen molar-refractivity contribution in [2.45, 2.75) is 97.3 Å². The SMILES string of the molecule is CCCCCCCCOc1ccc(-c2ccc(OC(=O)c3ccc(CCCCCCCC)c(C#N)c3)cc2)cc1. The van der Waals surface area contributed by atoms with E-state index in [4.69, 9.17) is 9.47 Å². The summed E-state index contributed by atoms with van der Waals surface area (Å²) < 4.78 is 11.5. The Balaban J connectivity index is 1.48. The molecule has 0 unspecified atom stereocenters. The zero-order valence-corrected chi connectivity index (χ0v) is 24.4. The summed E-state index contributed by atoms with van der Waals surface area (Å²) in [6.45, 7) is 5.21. The molecule has 3 aromatic carbocycles. The van der Waals surface area contributed by atoms with Crippen LogP contribution < -0.4 is 9.47 Å². The third-order valence-corrected chi connectivity index (χ3v) is 7.28. The fraction of sp³-hybridized carbons (Fsp3) is 0.444. The predicted molar refractivity (Wildman–Crippen MR) is 164 cm³/mol. The number of ether oxygens (including phenoxy) is 2. The van der Waals surface area contributed by atoms with Crippen molar-refractivity contribution in [1.29, 1.82) is 5.26 Å². The van der Waals surface area contributed by atoms with Crippen LogP contribution >= 0.6 is 0 Å². The monoisotopic (exact) mass is 539 g/mol. The summed E-state index contributed by atoms with van der Waals surface area (Å²) in [4.78, 5) is 12.8. The molecule has 3 aromatic rings. The minimum Gasteiger partial charge on any atom is -0.494 e. The van der Waals surface area contributed by atoms with Crippen LogP contribution in [0.4, 0.5) is 0 Å². The van der Waals surface area contributed by atoms with Crippen LogP contribution in [0.1, 0.15) is 112 Å². The van der Waals surface area contributed by atoms with Crippen molar-refractivity contribution in [3.63, 3.8) is 0 Å². The van der Waals surface area contributed by atoms with Gasteiger partial charge in [-0.25, -0.2) is 4.79 Å². The smallest absolute Gasteiger partial charge is 0.343 e. The van der Waals surface area contributed by atoms with Crippen molar-refractivity contribution in [3.8, 4) is 28.7 Å². The third-order valence-electron chi connectivity index (χ3n) is 7.28. The van der Waals surface area contributed by atoms with Gasteiger partial charge in [0.05, 0.1) is 23.8 Å². The van der Waals surface area contributed by atoms with E-state index in [2.05, 4.69) is 19.9 Å². The van der Waals surface area contributed by atoms with Crippen molar-refractivity contribution in [2.75, 3.05) is 6.61 Å². The largest absolute Gasteiger partial charge is 0.494 e. The first-order valence-electron chi connectivity index (χ1n) is 15.2. The summed E-state index contributed by atoms with van der Waals surface area (Å²) in [5.41, 5.74) is 4.05. The molecule has 0 saturated heterocycles. The number of nitriles is 1. The van der Waals surface area contributed by atoms with E-state index in [9.17, 15) is 10.1 Å². The van der Waals surface area contributed by atoms with Gasteiger partial charge in [0.1, 0.15) is 11.5 Å². The Morgan fingerprint density at radius 2 is 1.23 bits per heavy atom. The van der Waals surface area contributed by atoms with Crippen molar-refractivity contribution in [3.05, 3.63) is 83.4 Å². The average molecular weight is 540 g/mol. The molecular weight excluding hydrogens is 494 g/mol. The Kier molecular flexibility index (Phi) is 13.9. The van der Waals surface area contributed by atoms with Gasteiger partial charge < -0.3 is 9.47 Å². The molecule has 4 nitrogen and oxygen atoms in total. The maximum absolute atomic E-state index is 12.8. The van der Waals surface area contributed by atoms with Crippen LogP contribution in [-0.4, -0.2) is 12.6 Å². The lowest BCUT2D eigenvalue weighted by Crippen LogP contribution is -2.09. The fourth-order valence-corrected chi connectivity index (χ4v) is 4.82. The van der Waals surface area contributed by atoms with Gasteiger partial charge in [0.25, 0.3) is 0 Å². The van der Waals surface area contributed by atoms with Gasteiger partial charge in [0.15, 0.2) is 0 Å². The number of nitrogens with zero attached hydrogens (tertiary/aromatic N) is 1. The van der Waals surface area contributed by atoms with Crippen LogP contribution in [0.3, 0.4) is 0 Å². The standard InChI is InChI=1S/C36H45NO3/c1-3-5-7-9-11-13-15-29-16-17-32(27-33(29)28-37)36(38)40-35-24-20-31(21-25-35)30-18-22-34(23-19-30)39-26-14-12-10-8-6-4-2/h16-25,27H,3-15,26H2,1-2H3. The number of esters is 1. The first-order valence-corrected chi connectivity index (χ1v) is 15.2. The molecule has 0 aliphatic heterocycles. The number of hydrogen-bond acceptors (Lipinski definition) is 4. The first kappa shape index (κ1) is 31.0. The van der Waals surface area contributed by atoms with Gasteiger partial charge in [-0.2, -0.15) is 5.26 Å². The Bertz CT molecular complexity index is 1190. The molecule has 0 spiro atoms. The van der Waals surface area contributed by atoms with Crippen LogP contribution in [0, 0.1) is 11.3 Å². The highest BCUT2D eigenvalue weighted by molar-refractivity contribution is 5.91. The van der Waals surface area contributed by atoms with Gasteiger partial charge in [-0.15, -0.1) is 0 Å². The second-order valence-electron chi connectivity index (χ2n) is 10.6. The molecular formula is C36H45NO3. The molecule has 0 aromatic heterocycles. The second kappa shape index (κ2) is 17.9. The van der Waals surface area contributed by atoms with Crippen molar-refractivity contribution >= 4 is 5.97 Å². The van der Waals surface area contributed by atoms with Crippen molar-refractivity contribution < 1.29 is 14.3 Å². The maximum atomic E-state index is 12.8. The van der Waals surface area contributed by atoms with Crippen molar-refractivity contribution in [1.82, 2.24) is 0 Å². The summed E-state index contributed by atoms with van der Waals surface area (Å²) in [6, 6.07) is 23.2. The van der Waals surface area contributed by atoms with E-state index in [0.29, 0.717) is 16.9 Å². The van der Waals surface area contributed by atoms with Gasteiger partial charge in [0.2, 0.25) is 0 Å². The Labute approximate surface area is 241 Å². The normalized spacial score (nSPS) is 10.7. The highest BCUT2D eigenvalue weighted by Gasteiger charge is 2.12. The summed E-state index contributed by atoms with van der Waals surface area (Å²) in [5.74, 6) is 0.905. The van der Waals surface area contributed by atoms with E-state index < -0.39 is 5.97 Å². The number of benzene rings is 3. The van der Waals surface area contributed by atoms with E-state index in [0.717, 1.165) is 48.3 Å². The molecule has 0 N–H and O–H groups in total. The lowest BCUT2D eigenvalue weighted by atomic mass is 9.99. The number of rotatable bonds is 18. The fourth-order valence-electron chi connectivity index (χ4n) is 4.82. The van der Waals surface area contributed by atoms with Crippen LogP contribution in [0.5, 0.6) is 11.5 Å². The molecule has 0 atom stereocenters. The lowest BCUT2D eigenvalue weighted by molar-refractivity contribution is 0.0734. The Morgan fingerprint density at radius 1 is 0.675 bits per heavy atom. The number of hydrogen-bond donors (Lipinski definition) is 0. The molecule has 4 heteroatoms. The van der Waals surface area contributed by atoms with Gasteiger partial charge in [-0.1, -0.05) is 108 Å². The zero-order valence-electron chi connectivity index (χ0n) is 24.4. The van der Waals surface area contributed by atoms with Gasteiger partial charge in [-0.05, 0) is 72.4 Å². The molecule has 0 aliphatic rings. The highest BCUT2D eigenvalue weighted by Crippen LogP contribution is 2.25. The minimum atomic E-state index is -0.456. The second-order valence-corrected chi connectivity index (χ2v) is 10.6. The van der Waals surface area contributed by atoms with Crippen LogP contribution in [-0.2, 0) is 6.42 Å². The summed E-state index contributed by atoms with van der Waals surface area (Å²) >= 11 is 0. The Morgan fingerprint density at radius 3 is 1.82 bits per heavy atom. The molecule has 0 bridgehead atoms. The van der Waals surface area contributed by atoms with E-state index in [1.54, 1.807) is 24.3 Å². The third kappa shape index (κ3) is 10.5. The molecule has 0 fully saturated rings. The Hall–Kier alpha value is -3.58. The zero-order chi connectivity index (χ0) is 28.4. The van der Waals surface area contributed by atoms with Crippen molar-refractivity contribution in [2.24, 2.45) is 0 Å². The van der Waals surface area contributed by atoms with Crippen LogP contribution in [0.15, 0.2) is 66.7 Å². The summed E-state index contributed by atoms with van der Waals surface area (Å²) in [6.07, 6.45) is 15.6. The van der Waals surface area contributed by atoms with Gasteiger partial charge in [0, 0.05) is 0 Å². The number of carbonyl (C=O) groups is 1. The molecule has 3 rings (SSSR count). The van der Waals surface area contributed by atoms with Gasteiger partial charge >= 0.3 is 5.97 Å². The number of carbonyl (C=O) groups excluding carboxylic acids is 1. The van der Waals surface area contributed by atoms with E-state index >= 15 is 0 Å². The van der Waals surface area contributed by atoms with E-state index in [1.165, 1.54) is 64.2 Å². The van der Waals surface area contributed by atoms with E-state index in [-0.39, 0.29) is 0 Å². The van der Waals surface area contributed by atoms with E-state index in [1.807, 2.05) is 42.5 Å². The molecule has 0 heterocycles. The maximum Gasteiger partial charge on any atom is 0.343 e. The quantitative estimate of drug-likeness (QED) is 0.0916. The molecule has 40 heavy (non-hydrogen) atoms. The average Bonchev–Trinajstić information content (AvgIpc) is 2.99. The lowest BCUT2D eigenvalue weighted by Gasteiger charge is -2.09. The summed E-state index contributed by atoms with van der Waals surface area (Å²) in [5, 5.41) is 9.62. The molecule has 0 saturated carbocycles. The first-order chi connectivity index (χ1) is 19.6. The van der Waals surface area contributed by atoms with Gasteiger partial charge in [-0.3, -0.25) is 0 Å². The highest BCUT2D eigenvalue weighted by atomic mass is 16.5. The topological polar surface area (TPSA) is 59.3 Å². The molecule has 0 amide bonds. The van der Waals surface area contributed by atoms with Crippen LogP contribution in [0.2, 0.25) is 0 Å². The molecule has 212 valence electrons. The summed E-state index contributed by atoms with van der Waals surface area (Å²) in [7, 11) is 0. The minimum absolute atomic E-state index is 0.392. The van der Waals surface area contributed by atoms with Crippen LogP contribution in [0.25, 0.3) is 11.1 Å². The molecule has 0 radical (unpaired) electrons. The molecule has 0 aliphatic carbocycles. The predicted octanol–water partition coefficient (Wildman–Crippen LogP) is 10.1. The number of aryl methyl sites for hydroxylation is 1. The number of unbranched alkanes of at least 4 members (excludes halogenated alkanes) is 10.